The minimum atomic E-state index is -0.00599. The highest BCUT2D eigenvalue weighted by molar-refractivity contribution is 5.75. The van der Waals surface area contributed by atoms with Crippen LogP contribution in [0.3, 0.4) is 0 Å². The van der Waals surface area contributed by atoms with Crippen LogP contribution in [0.25, 0.3) is 0 Å². The number of hydrogen-bond donors (Lipinski definition) is 2. The zero-order chi connectivity index (χ0) is 11.6. The summed E-state index contributed by atoms with van der Waals surface area (Å²) in [6, 6.07) is 3.69. The molecule has 90 valence electrons. The predicted molar refractivity (Wildman–Crippen MR) is 59.7 cm³/mol. The van der Waals surface area contributed by atoms with Gasteiger partial charge in [0.25, 0.3) is 0 Å². The summed E-state index contributed by atoms with van der Waals surface area (Å²) in [4.78, 5) is 11.0. The van der Waals surface area contributed by atoms with E-state index in [-0.39, 0.29) is 5.91 Å². The third-order valence-corrected chi connectivity index (χ3v) is 1.98. The van der Waals surface area contributed by atoms with Gasteiger partial charge in [0.05, 0.1) is 6.26 Å². The number of rotatable bonds is 8. The van der Waals surface area contributed by atoms with Gasteiger partial charge in [0, 0.05) is 26.1 Å². The lowest BCUT2D eigenvalue weighted by molar-refractivity contribution is -0.120. The van der Waals surface area contributed by atoms with Crippen LogP contribution in [0.15, 0.2) is 22.8 Å². The van der Waals surface area contributed by atoms with Gasteiger partial charge in [-0.05, 0) is 18.6 Å². The van der Waals surface area contributed by atoms with E-state index < -0.39 is 0 Å². The largest absolute Gasteiger partial charge is 0.467 e. The van der Waals surface area contributed by atoms with Gasteiger partial charge in [0.2, 0.25) is 5.91 Å². The number of nitrogens with one attached hydrogen (secondary N) is 1. The first-order chi connectivity index (χ1) is 7.83. The average molecular weight is 226 g/mol. The van der Waals surface area contributed by atoms with Gasteiger partial charge in [0.15, 0.2) is 0 Å². The van der Waals surface area contributed by atoms with E-state index in [1.165, 1.54) is 0 Å². The Hall–Kier alpha value is -1.33. The zero-order valence-electron chi connectivity index (χ0n) is 9.28. The van der Waals surface area contributed by atoms with Gasteiger partial charge >= 0.3 is 0 Å². The minimum Gasteiger partial charge on any atom is -0.467 e. The van der Waals surface area contributed by atoms with Crippen molar-refractivity contribution < 1.29 is 13.9 Å². The Kier molecular flexibility index (Phi) is 6.29. The molecule has 0 saturated heterocycles. The van der Waals surface area contributed by atoms with E-state index in [4.69, 9.17) is 14.9 Å². The first-order valence-corrected chi connectivity index (χ1v) is 5.40. The molecule has 1 aromatic heterocycles. The Morgan fingerprint density at radius 3 is 3.12 bits per heavy atom. The van der Waals surface area contributed by atoms with Crippen molar-refractivity contribution in [3.8, 4) is 0 Å². The number of carbonyl (C=O) groups is 1. The molecule has 1 rings (SSSR count). The van der Waals surface area contributed by atoms with Crippen molar-refractivity contribution >= 4 is 5.91 Å². The van der Waals surface area contributed by atoms with Crippen molar-refractivity contribution in [1.29, 1.82) is 0 Å². The monoisotopic (exact) mass is 226 g/mol. The van der Waals surface area contributed by atoms with Crippen molar-refractivity contribution in [2.45, 2.75) is 19.4 Å². The molecule has 1 amide bonds. The summed E-state index contributed by atoms with van der Waals surface area (Å²) in [5, 5.41) is 2.75. The molecular weight excluding hydrogens is 208 g/mol. The van der Waals surface area contributed by atoms with Crippen molar-refractivity contribution in [2.75, 3.05) is 19.7 Å². The van der Waals surface area contributed by atoms with Crippen LogP contribution >= 0.6 is 0 Å². The molecule has 0 aliphatic rings. The summed E-state index contributed by atoms with van der Waals surface area (Å²) >= 11 is 0. The van der Waals surface area contributed by atoms with E-state index in [1.807, 2.05) is 12.1 Å². The van der Waals surface area contributed by atoms with Crippen molar-refractivity contribution in [2.24, 2.45) is 5.73 Å². The normalized spacial score (nSPS) is 10.3. The fourth-order valence-electron chi connectivity index (χ4n) is 1.19. The van der Waals surface area contributed by atoms with E-state index in [1.54, 1.807) is 6.26 Å². The maximum absolute atomic E-state index is 11.0. The summed E-state index contributed by atoms with van der Waals surface area (Å²) < 4.78 is 10.5. The average Bonchev–Trinajstić information content (AvgIpc) is 2.76. The molecule has 5 heteroatoms. The van der Waals surface area contributed by atoms with E-state index in [2.05, 4.69) is 5.32 Å². The Bertz CT molecular complexity index is 285. The zero-order valence-corrected chi connectivity index (χ0v) is 9.28. The summed E-state index contributed by atoms with van der Waals surface area (Å²) in [5.41, 5.74) is 5.24. The summed E-state index contributed by atoms with van der Waals surface area (Å²) in [5.74, 6) is 0.806. The van der Waals surface area contributed by atoms with E-state index in [0.29, 0.717) is 32.7 Å². The molecule has 0 radical (unpaired) electrons. The molecule has 0 aliphatic carbocycles. The van der Waals surface area contributed by atoms with Crippen LogP contribution in [0.4, 0.5) is 0 Å². The standard InChI is InChI=1S/C11H18N2O3/c12-5-4-11(14)13-6-2-7-15-9-10-3-1-8-16-10/h1,3,8H,2,4-7,9,12H2,(H,13,14). The van der Waals surface area contributed by atoms with E-state index >= 15 is 0 Å². The Balaban J connectivity index is 1.90. The van der Waals surface area contributed by atoms with Crippen LogP contribution in [0.2, 0.25) is 0 Å². The molecule has 0 aromatic carbocycles. The molecule has 0 aliphatic heterocycles. The Morgan fingerprint density at radius 1 is 1.56 bits per heavy atom. The van der Waals surface area contributed by atoms with Gasteiger partial charge in [0.1, 0.15) is 12.4 Å². The van der Waals surface area contributed by atoms with Crippen LogP contribution in [0.1, 0.15) is 18.6 Å². The second-order valence-electron chi connectivity index (χ2n) is 3.37. The number of nitrogens with two attached hydrogens (primary N) is 1. The maximum Gasteiger partial charge on any atom is 0.221 e. The fourth-order valence-corrected chi connectivity index (χ4v) is 1.19. The Morgan fingerprint density at radius 2 is 2.44 bits per heavy atom. The molecule has 0 spiro atoms. The highest BCUT2D eigenvalue weighted by atomic mass is 16.5. The number of ether oxygens (including phenoxy) is 1. The van der Waals surface area contributed by atoms with Gasteiger partial charge in [-0.1, -0.05) is 0 Å². The number of carbonyl (C=O) groups excluding carboxylic acids is 1. The molecule has 0 unspecified atom stereocenters. The molecule has 1 aromatic rings. The molecule has 1 heterocycles. The Labute approximate surface area is 94.9 Å². The predicted octanol–water partition coefficient (Wildman–Crippen LogP) is 0.651. The third kappa shape index (κ3) is 5.53. The number of furan rings is 1. The summed E-state index contributed by atoms with van der Waals surface area (Å²) in [6.07, 6.45) is 2.79. The highest BCUT2D eigenvalue weighted by Gasteiger charge is 1.98. The third-order valence-electron chi connectivity index (χ3n) is 1.98. The lowest BCUT2D eigenvalue weighted by Crippen LogP contribution is -2.27. The van der Waals surface area contributed by atoms with Gasteiger partial charge in [-0.2, -0.15) is 0 Å². The lowest BCUT2D eigenvalue weighted by Gasteiger charge is -2.04. The van der Waals surface area contributed by atoms with Gasteiger partial charge in [-0.3, -0.25) is 4.79 Å². The van der Waals surface area contributed by atoms with Gasteiger partial charge in [-0.25, -0.2) is 0 Å². The maximum atomic E-state index is 11.0. The molecule has 0 bridgehead atoms. The number of amides is 1. The van der Waals surface area contributed by atoms with Gasteiger partial charge < -0.3 is 20.2 Å². The molecule has 0 fully saturated rings. The molecule has 0 atom stereocenters. The van der Waals surface area contributed by atoms with Crippen LogP contribution < -0.4 is 11.1 Å². The van der Waals surface area contributed by atoms with E-state index in [9.17, 15) is 4.79 Å². The first kappa shape index (κ1) is 12.7. The van der Waals surface area contributed by atoms with Crippen LogP contribution in [0, 0.1) is 0 Å². The molecule has 16 heavy (non-hydrogen) atoms. The second kappa shape index (κ2) is 7.90. The van der Waals surface area contributed by atoms with Crippen LogP contribution in [-0.2, 0) is 16.1 Å². The quantitative estimate of drug-likeness (QED) is 0.638. The molecule has 0 saturated carbocycles. The molecule has 5 nitrogen and oxygen atoms in total. The molecule has 3 N–H and O–H groups in total. The summed E-state index contributed by atoms with van der Waals surface area (Å²) in [7, 11) is 0. The van der Waals surface area contributed by atoms with E-state index in [0.717, 1.165) is 12.2 Å². The minimum absolute atomic E-state index is 0.00599. The van der Waals surface area contributed by atoms with Crippen LogP contribution in [-0.4, -0.2) is 25.6 Å². The fraction of sp³-hybridized carbons (Fsp3) is 0.545. The SMILES string of the molecule is NCCC(=O)NCCCOCc1ccco1. The van der Waals surface area contributed by atoms with Crippen LogP contribution in [0.5, 0.6) is 0 Å². The first-order valence-electron chi connectivity index (χ1n) is 5.40. The van der Waals surface area contributed by atoms with Crippen molar-refractivity contribution in [3.05, 3.63) is 24.2 Å². The smallest absolute Gasteiger partial charge is 0.221 e. The molecular formula is C11H18N2O3. The second-order valence-corrected chi connectivity index (χ2v) is 3.37. The van der Waals surface area contributed by atoms with Gasteiger partial charge in [-0.15, -0.1) is 0 Å². The van der Waals surface area contributed by atoms with Crippen molar-refractivity contribution in [1.82, 2.24) is 5.32 Å². The summed E-state index contributed by atoms with van der Waals surface area (Å²) in [6.45, 7) is 2.09. The highest BCUT2D eigenvalue weighted by Crippen LogP contribution is 2.01. The lowest BCUT2D eigenvalue weighted by atomic mass is 10.4. The topological polar surface area (TPSA) is 77.5 Å². The number of hydrogen-bond acceptors (Lipinski definition) is 4. The van der Waals surface area contributed by atoms with Crippen molar-refractivity contribution in [3.63, 3.8) is 0 Å².